The molecule has 0 saturated heterocycles. The van der Waals surface area contributed by atoms with Crippen LogP contribution in [0.2, 0.25) is 0 Å². The fourth-order valence-electron chi connectivity index (χ4n) is 0.266. The van der Waals surface area contributed by atoms with Crippen molar-refractivity contribution in [1.29, 1.82) is 0 Å². The van der Waals surface area contributed by atoms with E-state index in [1.807, 2.05) is 0 Å². The molecule has 0 spiro atoms. The second-order valence-electron chi connectivity index (χ2n) is 2.09. The van der Waals surface area contributed by atoms with Gasteiger partial charge in [-0.15, -0.1) is 0 Å². The first-order valence-electron chi connectivity index (χ1n) is 3.29. The van der Waals surface area contributed by atoms with Gasteiger partial charge in [-0.25, -0.2) is 0 Å². The van der Waals surface area contributed by atoms with Crippen molar-refractivity contribution in [2.24, 2.45) is 0 Å². The Bertz CT molecular complexity index is 242. The predicted molar refractivity (Wildman–Crippen MR) is 51.1 cm³/mol. The number of aliphatic hydroxyl groups is 2. The number of aliphatic hydroxyl groups excluding tert-OH is 2. The van der Waals surface area contributed by atoms with E-state index in [-0.39, 0.29) is 42.8 Å². The van der Waals surface area contributed by atoms with E-state index in [2.05, 4.69) is 4.74 Å². The van der Waals surface area contributed by atoms with Crippen LogP contribution in [0.4, 0.5) is 0 Å². The van der Waals surface area contributed by atoms with E-state index in [9.17, 15) is 4.79 Å². The molecule has 0 bridgehead atoms. The maximum atomic E-state index is 10.0. The molecule has 8 nitrogen and oxygen atoms in total. The molecule has 1 unspecified atom stereocenters. The van der Waals surface area contributed by atoms with Crippen molar-refractivity contribution in [3.8, 4) is 0 Å². The molecule has 0 radical (unpaired) electrons. The number of carbonyl (C=O) groups excluding carboxylic acids is 1. The van der Waals surface area contributed by atoms with Gasteiger partial charge in [-0.05, 0) is 0 Å². The van der Waals surface area contributed by atoms with E-state index < -0.39 is 22.5 Å². The van der Waals surface area contributed by atoms with Gasteiger partial charge >= 0.3 is 45.9 Å². The van der Waals surface area contributed by atoms with Crippen molar-refractivity contribution in [2.45, 2.75) is 13.0 Å². The fraction of sp³-hybridized carbons (Fsp3) is 0.800. The summed E-state index contributed by atoms with van der Waals surface area (Å²) in [6, 6.07) is 0. The van der Waals surface area contributed by atoms with E-state index in [4.69, 9.17) is 27.7 Å². The minimum absolute atomic E-state index is 0. The third-order valence-electron chi connectivity index (χ3n) is 0.690. The van der Waals surface area contributed by atoms with Crippen LogP contribution < -0.4 is 0 Å². The van der Waals surface area contributed by atoms with Gasteiger partial charge in [-0.2, -0.15) is 8.42 Å². The normalized spacial score (nSPS) is 11.5. The van der Waals surface area contributed by atoms with Crippen molar-refractivity contribution in [3.63, 3.8) is 0 Å². The molecule has 0 aromatic heterocycles. The second-order valence-corrected chi connectivity index (χ2v) is 2.98. The molecule has 0 saturated carbocycles. The summed E-state index contributed by atoms with van der Waals surface area (Å²) in [5.74, 6) is -0.456. The summed E-state index contributed by atoms with van der Waals surface area (Å²) in [5, 5.41) is 16.8. The summed E-state index contributed by atoms with van der Waals surface area (Å²) in [5.41, 5.74) is 0. The van der Waals surface area contributed by atoms with Crippen molar-refractivity contribution < 1.29 is 37.3 Å². The average molecular weight is 256 g/mol. The summed E-state index contributed by atoms with van der Waals surface area (Å²) in [7, 11) is -4.67. The molecule has 0 rings (SSSR count). The quantitative estimate of drug-likeness (QED) is 0.249. The Kier molecular flexibility index (Phi) is 14.8. The summed E-state index contributed by atoms with van der Waals surface area (Å²) in [6.07, 6.45) is -0.950. The molecule has 0 aliphatic carbocycles. The molecule has 15 heavy (non-hydrogen) atoms. The van der Waals surface area contributed by atoms with Crippen LogP contribution in [0.3, 0.4) is 0 Å². The number of hydrogen-bond donors (Lipinski definition) is 4. The van der Waals surface area contributed by atoms with E-state index in [1.54, 1.807) is 0 Å². The molecule has 0 aromatic carbocycles. The first kappa shape index (κ1) is 20.6. The number of rotatable bonds is 3. The summed E-state index contributed by atoms with van der Waals surface area (Å²) in [4.78, 5) is 10.0. The molecule has 0 aliphatic rings. The van der Waals surface area contributed by atoms with Gasteiger partial charge in [0.05, 0.1) is 6.61 Å². The first-order valence-corrected chi connectivity index (χ1v) is 4.68. The van der Waals surface area contributed by atoms with Crippen molar-refractivity contribution in [1.82, 2.24) is 0 Å². The standard InChI is InChI=1S/C5H10O4.Na.H2O4S.H/c1-4(7)9-3-5(8)2-6;;1-5(2,3)4;/h5-6,8H,2-3H2,1H3;;(H2,1,2,3,4);. The minimum atomic E-state index is -4.67. The van der Waals surface area contributed by atoms with E-state index in [0.717, 1.165) is 0 Å². The Morgan fingerprint density at radius 1 is 1.40 bits per heavy atom. The predicted octanol–water partition coefficient (Wildman–Crippen LogP) is -2.40. The Morgan fingerprint density at radius 2 is 1.73 bits per heavy atom. The Labute approximate surface area is 109 Å². The Hall–Kier alpha value is 0.260. The monoisotopic (exact) mass is 256 g/mol. The van der Waals surface area contributed by atoms with E-state index in [0.29, 0.717) is 0 Å². The molecule has 0 amide bonds. The van der Waals surface area contributed by atoms with E-state index >= 15 is 0 Å². The molecule has 88 valence electrons. The molecular weight excluding hydrogens is 243 g/mol. The van der Waals surface area contributed by atoms with Gasteiger partial charge in [0.2, 0.25) is 0 Å². The van der Waals surface area contributed by atoms with Crippen LogP contribution in [-0.4, -0.2) is 82.6 Å². The van der Waals surface area contributed by atoms with Gasteiger partial charge < -0.3 is 14.9 Å². The van der Waals surface area contributed by atoms with Crippen LogP contribution in [0.5, 0.6) is 0 Å². The number of carbonyl (C=O) groups is 1. The van der Waals surface area contributed by atoms with Crippen molar-refractivity contribution in [3.05, 3.63) is 0 Å². The van der Waals surface area contributed by atoms with Crippen LogP contribution in [-0.2, 0) is 19.9 Å². The van der Waals surface area contributed by atoms with Crippen LogP contribution in [0.1, 0.15) is 6.92 Å². The topological polar surface area (TPSA) is 141 Å². The van der Waals surface area contributed by atoms with Gasteiger partial charge in [-0.3, -0.25) is 13.9 Å². The van der Waals surface area contributed by atoms with Gasteiger partial charge in [-0.1, -0.05) is 0 Å². The fourth-order valence-corrected chi connectivity index (χ4v) is 0.266. The summed E-state index contributed by atoms with van der Waals surface area (Å²) in [6.45, 7) is 0.725. The van der Waals surface area contributed by atoms with Crippen molar-refractivity contribution >= 4 is 45.9 Å². The van der Waals surface area contributed by atoms with Crippen molar-refractivity contribution in [2.75, 3.05) is 13.2 Å². The van der Waals surface area contributed by atoms with Crippen LogP contribution >= 0.6 is 0 Å². The molecular formula is C5H13NaO8S. The molecule has 4 N–H and O–H groups in total. The van der Waals surface area contributed by atoms with Crippen LogP contribution in [0, 0.1) is 0 Å². The number of hydrogen-bond acceptors (Lipinski definition) is 6. The molecule has 0 aromatic rings. The Morgan fingerprint density at radius 3 is 1.93 bits per heavy atom. The second kappa shape index (κ2) is 10.8. The molecule has 0 aliphatic heterocycles. The zero-order valence-electron chi connectivity index (χ0n) is 7.32. The average Bonchev–Trinajstić information content (AvgIpc) is 1.96. The van der Waals surface area contributed by atoms with Gasteiger partial charge in [0.25, 0.3) is 0 Å². The SMILES string of the molecule is CC(=O)OCC(O)CO.O=S(=O)(O)O.[NaH]. The third kappa shape index (κ3) is 40.7. The zero-order valence-corrected chi connectivity index (χ0v) is 8.14. The van der Waals surface area contributed by atoms with Gasteiger partial charge in [0.15, 0.2) is 0 Å². The zero-order chi connectivity index (χ0) is 11.8. The van der Waals surface area contributed by atoms with E-state index in [1.165, 1.54) is 6.92 Å². The van der Waals surface area contributed by atoms with Crippen LogP contribution in [0.15, 0.2) is 0 Å². The number of ether oxygens (including phenoxy) is 1. The Balaban J connectivity index is -0.000000208. The first-order chi connectivity index (χ1) is 6.16. The number of esters is 1. The van der Waals surface area contributed by atoms with Gasteiger partial charge in [0.1, 0.15) is 12.7 Å². The molecule has 0 heterocycles. The summed E-state index contributed by atoms with van der Waals surface area (Å²) >= 11 is 0. The summed E-state index contributed by atoms with van der Waals surface area (Å²) < 4.78 is 35.9. The molecule has 1 atom stereocenters. The molecule has 10 heteroatoms. The van der Waals surface area contributed by atoms with Gasteiger partial charge in [0, 0.05) is 6.92 Å². The maximum absolute atomic E-state index is 10.0. The third-order valence-corrected chi connectivity index (χ3v) is 0.690. The molecule has 0 fully saturated rings. The van der Waals surface area contributed by atoms with Crippen LogP contribution in [0.25, 0.3) is 0 Å².